The average molecular weight is 353 g/mol. The molecule has 1 saturated heterocycles. The zero-order valence-corrected chi connectivity index (χ0v) is 15.6. The minimum Gasteiger partial charge on any atom is -0.496 e. The Bertz CT molecular complexity index is 748. The number of rotatable bonds is 6. The first-order valence-corrected chi connectivity index (χ1v) is 9.28. The second kappa shape index (κ2) is 8.70. The molecule has 1 aliphatic heterocycles. The van der Waals surface area contributed by atoms with Gasteiger partial charge in [-0.2, -0.15) is 0 Å². The first kappa shape index (κ1) is 18.2. The number of amides is 1. The maximum absolute atomic E-state index is 12.5. The van der Waals surface area contributed by atoms with Crippen molar-refractivity contribution >= 4 is 11.6 Å². The van der Waals surface area contributed by atoms with E-state index in [9.17, 15) is 4.79 Å². The summed E-state index contributed by atoms with van der Waals surface area (Å²) in [4.78, 5) is 19.1. The van der Waals surface area contributed by atoms with Crippen molar-refractivity contribution in [2.45, 2.75) is 26.2 Å². The van der Waals surface area contributed by atoms with E-state index in [0.29, 0.717) is 18.2 Å². The predicted octanol–water partition coefficient (Wildman–Crippen LogP) is 3.30. The van der Waals surface area contributed by atoms with Gasteiger partial charge in [-0.25, -0.2) is 0 Å². The molecular weight excluding hydrogens is 326 g/mol. The Balaban J connectivity index is 1.58. The van der Waals surface area contributed by atoms with Crippen molar-refractivity contribution in [3.63, 3.8) is 0 Å². The summed E-state index contributed by atoms with van der Waals surface area (Å²) in [6, 6.07) is 11.8. The number of hydrogen-bond donors (Lipinski definition) is 1. The number of anilines is 1. The van der Waals surface area contributed by atoms with E-state index >= 15 is 0 Å². The highest BCUT2D eigenvalue weighted by atomic mass is 16.5. The Morgan fingerprint density at radius 3 is 3.00 bits per heavy atom. The summed E-state index contributed by atoms with van der Waals surface area (Å²) in [5.74, 6) is 1.41. The first-order chi connectivity index (χ1) is 12.7. The first-order valence-electron chi connectivity index (χ1n) is 9.28. The number of benzene rings is 1. The molecule has 1 atom stereocenters. The minimum atomic E-state index is -0.133. The molecule has 0 saturated carbocycles. The largest absolute Gasteiger partial charge is 0.496 e. The van der Waals surface area contributed by atoms with Crippen LogP contribution in [-0.2, 0) is 6.42 Å². The number of piperidine rings is 1. The Kier molecular flexibility index (Phi) is 6.10. The number of nitrogens with one attached hydrogen (secondary N) is 1. The van der Waals surface area contributed by atoms with Crippen molar-refractivity contribution in [2.24, 2.45) is 5.92 Å². The quantitative estimate of drug-likeness (QED) is 0.866. The maximum atomic E-state index is 12.5. The molecule has 3 rings (SSSR count). The van der Waals surface area contributed by atoms with E-state index in [4.69, 9.17) is 4.74 Å². The summed E-state index contributed by atoms with van der Waals surface area (Å²) in [5.41, 5.74) is 2.64. The molecule has 0 radical (unpaired) electrons. The van der Waals surface area contributed by atoms with Crippen molar-refractivity contribution in [2.75, 3.05) is 31.6 Å². The van der Waals surface area contributed by atoms with Crippen molar-refractivity contribution in [1.82, 2.24) is 10.3 Å². The SMILES string of the molecule is COc1ccccc1CCNC(=O)c1cc(N2CCCC(C)C2)ccn1. The van der Waals surface area contributed by atoms with Crippen molar-refractivity contribution in [3.8, 4) is 5.75 Å². The molecule has 1 N–H and O–H groups in total. The van der Waals surface area contributed by atoms with Crippen molar-refractivity contribution in [3.05, 3.63) is 53.9 Å². The van der Waals surface area contributed by atoms with Crippen molar-refractivity contribution < 1.29 is 9.53 Å². The van der Waals surface area contributed by atoms with Gasteiger partial charge < -0.3 is 15.0 Å². The van der Waals surface area contributed by atoms with Crippen LogP contribution >= 0.6 is 0 Å². The Morgan fingerprint density at radius 2 is 2.19 bits per heavy atom. The minimum absolute atomic E-state index is 0.133. The van der Waals surface area contributed by atoms with Gasteiger partial charge in [-0.05, 0) is 48.9 Å². The molecule has 2 heterocycles. The van der Waals surface area contributed by atoms with E-state index in [2.05, 4.69) is 22.1 Å². The smallest absolute Gasteiger partial charge is 0.269 e. The number of nitrogens with zero attached hydrogens (tertiary/aromatic N) is 2. The summed E-state index contributed by atoms with van der Waals surface area (Å²) in [5, 5.41) is 2.96. The maximum Gasteiger partial charge on any atom is 0.269 e. The number of ether oxygens (including phenoxy) is 1. The number of carbonyl (C=O) groups excluding carboxylic acids is 1. The molecule has 1 aliphatic rings. The normalized spacial score (nSPS) is 17.0. The zero-order valence-electron chi connectivity index (χ0n) is 15.6. The fourth-order valence-corrected chi connectivity index (χ4v) is 3.47. The Labute approximate surface area is 155 Å². The van der Waals surface area contributed by atoms with Crippen LogP contribution in [-0.4, -0.2) is 37.6 Å². The monoisotopic (exact) mass is 353 g/mol. The van der Waals surface area contributed by atoms with Crippen LogP contribution in [0.1, 0.15) is 35.8 Å². The van der Waals surface area contributed by atoms with Crippen LogP contribution in [0.3, 0.4) is 0 Å². The third kappa shape index (κ3) is 4.54. The number of hydrogen-bond acceptors (Lipinski definition) is 4. The Morgan fingerprint density at radius 1 is 1.35 bits per heavy atom. The van der Waals surface area contributed by atoms with Crippen LogP contribution in [0.4, 0.5) is 5.69 Å². The lowest BCUT2D eigenvalue weighted by Gasteiger charge is -2.32. The molecule has 0 aliphatic carbocycles. The average Bonchev–Trinajstić information content (AvgIpc) is 2.68. The summed E-state index contributed by atoms with van der Waals surface area (Å²) in [6.07, 6.45) is 4.92. The third-order valence-electron chi connectivity index (χ3n) is 4.87. The number of pyridine rings is 1. The molecule has 1 fully saturated rings. The van der Waals surface area contributed by atoms with Crippen LogP contribution in [0.2, 0.25) is 0 Å². The lowest BCUT2D eigenvalue weighted by atomic mass is 10.00. The standard InChI is InChI=1S/C21H27N3O2/c1-16-6-5-13-24(15-16)18-10-12-22-19(14-18)21(25)23-11-9-17-7-3-4-8-20(17)26-2/h3-4,7-8,10,12,14,16H,5-6,9,11,13,15H2,1-2H3,(H,23,25). The van der Waals surface area contributed by atoms with Gasteiger partial charge in [-0.1, -0.05) is 25.1 Å². The highest BCUT2D eigenvalue weighted by Crippen LogP contribution is 2.23. The van der Waals surface area contributed by atoms with Crippen LogP contribution in [0.5, 0.6) is 5.75 Å². The van der Waals surface area contributed by atoms with E-state index in [1.807, 2.05) is 36.4 Å². The lowest BCUT2D eigenvalue weighted by Crippen LogP contribution is -2.34. The highest BCUT2D eigenvalue weighted by Gasteiger charge is 2.18. The molecule has 1 aromatic carbocycles. The van der Waals surface area contributed by atoms with Gasteiger partial charge in [0, 0.05) is 31.5 Å². The van der Waals surface area contributed by atoms with E-state index in [-0.39, 0.29) is 5.91 Å². The van der Waals surface area contributed by atoms with Gasteiger partial charge in [0.15, 0.2) is 0 Å². The summed E-state index contributed by atoms with van der Waals surface area (Å²) in [7, 11) is 1.66. The molecule has 138 valence electrons. The molecule has 2 aromatic rings. The van der Waals surface area contributed by atoms with Gasteiger partial charge in [0.25, 0.3) is 5.91 Å². The number of carbonyl (C=O) groups is 1. The van der Waals surface area contributed by atoms with Crippen LogP contribution < -0.4 is 15.0 Å². The Hall–Kier alpha value is -2.56. The fourth-order valence-electron chi connectivity index (χ4n) is 3.47. The van der Waals surface area contributed by atoms with E-state index < -0.39 is 0 Å². The second-order valence-corrected chi connectivity index (χ2v) is 6.91. The van der Waals surface area contributed by atoms with Crippen LogP contribution in [0, 0.1) is 5.92 Å². The summed E-state index contributed by atoms with van der Waals surface area (Å²) < 4.78 is 5.35. The van der Waals surface area contributed by atoms with Gasteiger partial charge in [-0.15, -0.1) is 0 Å². The van der Waals surface area contributed by atoms with Gasteiger partial charge in [-0.3, -0.25) is 9.78 Å². The van der Waals surface area contributed by atoms with Gasteiger partial charge >= 0.3 is 0 Å². The molecule has 1 unspecified atom stereocenters. The lowest BCUT2D eigenvalue weighted by molar-refractivity contribution is 0.0949. The number of para-hydroxylation sites is 1. The summed E-state index contributed by atoms with van der Waals surface area (Å²) >= 11 is 0. The molecule has 0 bridgehead atoms. The van der Waals surface area contributed by atoms with E-state index in [0.717, 1.165) is 36.5 Å². The van der Waals surface area contributed by atoms with Crippen LogP contribution in [0.25, 0.3) is 0 Å². The zero-order chi connectivity index (χ0) is 18.4. The van der Waals surface area contributed by atoms with Gasteiger partial charge in [0.05, 0.1) is 7.11 Å². The van der Waals surface area contributed by atoms with Crippen LogP contribution in [0.15, 0.2) is 42.6 Å². The third-order valence-corrected chi connectivity index (χ3v) is 4.87. The molecule has 26 heavy (non-hydrogen) atoms. The number of aromatic nitrogens is 1. The summed E-state index contributed by atoms with van der Waals surface area (Å²) in [6.45, 7) is 4.91. The molecule has 5 heteroatoms. The van der Waals surface area contributed by atoms with Gasteiger partial charge in [0.1, 0.15) is 11.4 Å². The molecule has 1 amide bonds. The fraction of sp³-hybridized carbons (Fsp3) is 0.429. The van der Waals surface area contributed by atoms with E-state index in [1.54, 1.807) is 13.3 Å². The highest BCUT2D eigenvalue weighted by molar-refractivity contribution is 5.93. The molecule has 1 aromatic heterocycles. The number of methoxy groups -OCH3 is 1. The van der Waals surface area contributed by atoms with Gasteiger partial charge in [0.2, 0.25) is 0 Å². The molecule has 5 nitrogen and oxygen atoms in total. The molecule has 0 spiro atoms. The predicted molar refractivity (Wildman–Crippen MR) is 104 cm³/mol. The topological polar surface area (TPSA) is 54.5 Å². The van der Waals surface area contributed by atoms with E-state index in [1.165, 1.54) is 12.8 Å². The molecular formula is C21H27N3O2. The second-order valence-electron chi connectivity index (χ2n) is 6.91. The van der Waals surface area contributed by atoms with Crippen molar-refractivity contribution in [1.29, 1.82) is 0 Å².